The number of carbonyl (C=O) groups excluding carboxylic acids is 3. The largest absolute Gasteiger partial charge is 0.343 e. The van der Waals surface area contributed by atoms with Gasteiger partial charge in [0.15, 0.2) is 0 Å². The summed E-state index contributed by atoms with van der Waals surface area (Å²) in [5.74, 6) is -0.386. The molecule has 0 saturated carbocycles. The van der Waals surface area contributed by atoms with Crippen LogP contribution in [0.4, 0.5) is 0 Å². The van der Waals surface area contributed by atoms with Gasteiger partial charge >= 0.3 is 0 Å². The summed E-state index contributed by atoms with van der Waals surface area (Å²) < 4.78 is 0. The zero-order valence-corrected chi connectivity index (χ0v) is 16.9. The standard InChI is InChI=1S/C22H26N4O3/c1-16-6-7-18(13-17(16)2)22(29)24-15-21(28)26-11-9-25(10-12-26)20(27)14-19-5-3-4-8-23-19/h3-8,13H,9-12,14-15H2,1-2H3,(H,24,29). The lowest BCUT2D eigenvalue weighted by Gasteiger charge is -2.34. The average Bonchev–Trinajstić information content (AvgIpc) is 2.74. The Labute approximate surface area is 170 Å². The lowest BCUT2D eigenvalue weighted by Crippen LogP contribution is -2.52. The van der Waals surface area contributed by atoms with Crippen LogP contribution in [-0.2, 0) is 16.0 Å². The fourth-order valence-electron chi connectivity index (χ4n) is 3.23. The number of nitrogens with zero attached hydrogens (tertiary/aromatic N) is 3. The molecule has 1 aromatic heterocycles. The van der Waals surface area contributed by atoms with Crippen molar-refractivity contribution in [2.75, 3.05) is 32.7 Å². The molecule has 0 bridgehead atoms. The van der Waals surface area contributed by atoms with Gasteiger partial charge in [-0.1, -0.05) is 12.1 Å². The van der Waals surface area contributed by atoms with E-state index in [0.717, 1.165) is 16.8 Å². The first-order valence-electron chi connectivity index (χ1n) is 9.75. The van der Waals surface area contributed by atoms with Crippen LogP contribution >= 0.6 is 0 Å². The van der Waals surface area contributed by atoms with Crippen LogP contribution in [0.3, 0.4) is 0 Å². The summed E-state index contributed by atoms with van der Waals surface area (Å²) in [5, 5.41) is 2.69. The zero-order chi connectivity index (χ0) is 20.8. The number of aromatic nitrogens is 1. The quantitative estimate of drug-likeness (QED) is 0.830. The summed E-state index contributed by atoms with van der Waals surface area (Å²) in [6.45, 7) is 5.80. The number of piperazine rings is 1. The number of amides is 3. The van der Waals surface area contributed by atoms with Gasteiger partial charge in [-0.3, -0.25) is 19.4 Å². The third-order valence-electron chi connectivity index (χ3n) is 5.21. The van der Waals surface area contributed by atoms with Gasteiger partial charge in [-0.05, 0) is 49.2 Å². The second kappa shape index (κ2) is 9.32. The van der Waals surface area contributed by atoms with Gasteiger partial charge in [0.1, 0.15) is 0 Å². The first kappa shape index (κ1) is 20.5. The van der Waals surface area contributed by atoms with Gasteiger partial charge in [0.25, 0.3) is 5.91 Å². The Morgan fingerprint density at radius 2 is 1.62 bits per heavy atom. The molecule has 3 rings (SSSR count). The second-order valence-electron chi connectivity index (χ2n) is 7.24. The molecule has 1 saturated heterocycles. The maximum absolute atomic E-state index is 12.4. The lowest BCUT2D eigenvalue weighted by atomic mass is 10.1. The Balaban J connectivity index is 1.44. The highest BCUT2D eigenvalue weighted by atomic mass is 16.2. The minimum atomic E-state index is -0.259. The summed E-state index contributed by atoms with van der Waals surface area (Å²) in [6, 6.07) is 11.0. The van der Waals surface area contributed by atoms with Crippen molar-refractivity contribution < 1.29 is 14.4 Å². The molecule has 2 heterocycles. The van der Waals surface area contributed by atoms with E-state index in [1.54, 1.807) is 22.1 Å². The first-order chi connectivity index (χ1) is 13.9. The number of pyridine rings is 1. The number of hydrogen-bond acceptors (Lipinski definition) is 4. The molecule has 1 fully saturated rings. The maximum Gasteiger partial charge on any atom is 0.251 e. The number of rotatable bonds is 5. The SMILES string of the molecule is Cc1ccc(C(=O)NCC(=O)N2CCN(C(=O)Cc3ccccn3)CC2)cc1C. The summed E-state index contributed by atoms with van der Waals surface area (Å²) in [5.41, 5.74) is 3.44. The molecule has 7 nitrogen and oxygen atoms in total. The van der Waals surface area contributed by atoms with E-state index < -0.39 is 0 Å². The smallest absolute Gasteiger partial charge is 0.251 e. The van der Waals surface area contributed by atoms with Crippen molar-refractivity contribution in [2.24, 2.45) is 0 Å². The monoisotopic (exact) mass is 394 g/mol. The van der Waals surface area contributed by atoms with Crippen molar-refractivity contribution in [3.8, 4) is 0 Å². The van der Waals surface area contributed by atoms with Crippen molar-refractivity contribution >= 4 is 17.7 Å². The van der Waals surface area contributed by atoms with E-state index in [1.165, 1.54) is 0 Å². The van der Waals surface area contributed by atoms with Crippen LogP contribution in [-0.4, -0.2) is 65.2 Å². The van der Waals surface area contributed by atoms with Crippen molar-refractivity contribution in [2.45, 2.75) is 20.3 Å². The highest BCUT2D eigenvalue weighted by Crippen LogP contribution is 2.10. The second-order valence-corrected chi connectivity index (χ2v) is 7.24. The van der Waals surface area contributed by atoms with Gasteiger partial charge in [-0.2, -0.15) is 0 Å². The molecule has 0 spiro atoms. The van der Waals surface area contributed by atoms with Crippen molar-refractivity contribution in [3.63, 3.8) is 0 Å². The van der Waals surface area contributed by atoms with Crippen molar-refractivity contribution in [1.82, 2.24) is 20.1 Å². The normalized spacial score (nSPS) is 13.9. The van der Waals surface area contributed by atoms with Crippen LogP contribution in [0.1, 0.15) is 27.2 Å². The van der Waals surface area contributed by atoms with Crippen molar-refractivity contribution in [1.29, 1.82) is 0 Å². The Morgan fingerprint density at radius 3 is 2.24 bits per heavy atom. The molecule has 1 aliphatic heterocycles. The summed E-state index contributed by atoms with van der Waals surface area (Å²) >= 11 is 0. The Morgan fingerprint density at radius 1 is 0.931 bits per heavy atom. The Kier molecular flexibility index (Phi) is 6.59. The minimum Gasteiger partial charge on any atom is -0.343 e. The fourth-order valence-corrected chi connectivity index (χ4v) is 3.23. The predicted octanol–water partition coefficient (Wildman–Crippen LogP) is 1.34. The maximum atomic E-state index is 12.4. The molecule has 3 amide bonds. The first-order valence-corrected chi connectivity index (χ1v) is 9.75. The third kappa shape index (κ3) is 5.40. The lowest BCUT2D eigenvalue weighted by molar-refractivity contribution is -0.138. The number of benzene rings is 1. The molecule has 7 heteroatoms. The Bertz CT molecular complexity index is 890. The van der Waals surface area contributed by atoms with Crippen LogP contribution < -0.4 is 5.32 Å². The predicted molar refractivity (Wildman–Crippen MR) is 109 cm³/mol. The molecule has 1 N–H and O–H groups in total. The van der Waals surface area contributed by atoms with Crippen LogP contribution in [0.25, 0.3) is 0 Å². The number of aryl methyl sites for hydroxylation is 2. The van der Waals surface area contributed by atoms with Crippen LogP contribution in [0, 0.1) is 13.8 Å². The van der Waals surface area contributed by atoms with E-state index in [9.17, 15) is 14.4 Å². The molecule has 152 valence electrons. The minimum absolute atomic E-state index is 0.0128. The zero-order valence-electron chi connectivity index (χ0n) is 16.9. The van der Waals surface area contributed by atoms with E-state index in [1.807, 2.05) is 44.2 Å². The van der Waals surface area contributed by atoms with Gasteiger partial charge in [-0.15, -0.1) is 0 Å². The topological polar surface area (TPSA) is 82.6 Å². The number of hydrogen-bond donors (Lipinski definition) is 1. The van der Waals surface area contributed by atoms with E-state index in [-0.39, 0.29) is 30.7 Å². The van der Waals surface area contributed by atoms with E-state index >= 15 is 0 Å². The third-order valence-corrected chi connectivity index (χ3v) is 5.21. The summed E-state index contributed by atoms with van der Waals surface area (Å²) in [6.07, 6.45) is 1.94. The Hall–Kier alpha value is -3.22. The molecule has 1 aromatic carbocycles. The highest BCUT2D eigenvalue weighted by molar-refractivity contribution is 5.96. The molecule has 0 atom stereocenters. The fraction of sp³-hybridized carbons (Fsp3) is 0.364. The molecule has 29 heavy (non-hydrogen) atoms. The molecule has 1 aliphatic rings. The van der Waals surface area contributed by atoms with Gasteiger partial charge in [-0.25, -0.2) is 0 Å². The van der Waals surface area contributed by atoms with Gasteiger partial charge in [0.05, 0.1) is 13.0 Å². The average molecular weight is 394 g/mol. The molecule has 2 aromatic rings. The number of nitrogens with one attached hydrogen (secondary N) is 1. The van der Waals surface area contributed by atoms with Gasteiger partial charge in [0.2, 0.25) is 11.8 Å². The molecule has 0 radical (unpaired) electrons. The van der Waals surface area contributed by atoms with E-state index in [4.69, 9.17) is 0 Å². The summed E-state index contributed by atoms with van der Waals surface area (Å²) in [7, 11) is 0. The van der Waals surface area contributed by atoms with Gasteiger partial charge < -0.3 is 15.1 Å². The van der Waals surface area contributed by atoms with Crippen LogP contribution in [0.2, 0.25) is 0 Å². The molecule has 0 aliphatic carbocycles. The molecular formula is C22H26N4O3. The van der Waals surface area contributed by atoms with E-state index in [2.05, 4.69) is 10.3 Å². The number of carbonyl (C=O) groups is 3. The molecular weight excluding hydrogens is 368 g/mol. The van der Waals surface area contributed by atoms with E-state index in [0.29, 0.717) is 31.7 Å². The van der Waals surface area contributed by atoms with Gasteiger partial charge in [0, 0.05) is 43.6 Å². The molecule has 0 unspecified atom stereocenters. The summed E-state index contributed by atoms with van der Waals surface area (Å²) in [4.78, 5) is 44.7. The van der Waals surface area contributed by atoms with Crippen LogP contribution in [0.15, 0.2) is 42.6 Å². The highest BCUT2D eigenvalue weighted by Gasteiger charge is 2.24. The van der Waals surface area contributed by atoms with Crippen molar-refractivity contribution in [3.05, 3.63) is 65.0 Å². The van der Waals surface area contributed by atoms with Crippen LogP contribution in [0.5, 0.6) is 0 Å².